The summed E-state index contributed by atoms with van der Waals surface area (Å²) in [6.45, 7) is 3.94. The lowest BCUT2D eigenvalue weighted by Crippen LogP contribution is -2.18. The van der Waals surface area contributed by atoms with Gasteiger partial charge in [0.15, 0.2) is 0 Å². The van der Waals surface area contributed by atoms with Crippen LogP contribution in [0.3, 0.4) is 0 Å². The largest absolute Gasteiger partial charge is 0.314 e. The maximum absolute atomic E-state index is 13.0. The smallest absolute Gasteiger partial charge is 0.137 e. The van der Waals surface area contributed by atoms with E-state index in [1.807, 2.05) is 50.0 Å². The minimum absolute atomic E-state index is 0.117. The highest BCUT2D eigenvalue weighted by atomic mass is 35.5. The highest BCUT2D eigenvalue weighted by Crippen LogP contribution is 2.55. The Morgan fingerprint density at radius 3 is 2.39 bits per heavy atom. The van der Waals surface area contributed by atoms with Crippen molar-refractivity contribution in [2.24, 2.45) is 5.92 Å². The first-order chi connectivity index (χ1) is 8.44. The third-order valence-corrected chi connectivity index (χ3v) is 6.74. The van der Waals surface area contributed by atoms with E-state index in [2.05, 4.69) is 0 Å². The van der Waals surface area contributed by atoms with Gasteiger partial charge >= 0.3 is 0 Å². The Labute approximate surface area is 118 Å². The van der Waals surface area contributed by atoms with Gasteiger partial charge in [-0.15, -0.1) is 0 Å². The van der Waals surface area contributed by atoms with Crippen LogP contribution in [0.5, 0.6) is 0 Å². The van der Waals surface area contributed by atoms with Crippen LogP contribution in [0.1, 0.15) is 13.8 Å². The number of halogens is 2. The molecule has 0 radical (unpaired) electrons. The van der Waals surface area contributed by atoms with Crippen LogP contribution in [0.25, 0.3) is 0 Å². The molecule has 2 atom stereocenters. The molecule has 1 heterocycles. The van der Waals surface area contributed by atoms with Crippen molar-refractivity contribution in [1.82, 2.24) is 0 Å². The van der Waals surface area contributed by atoms with Crippen LogP contribution in [0.4, 0.5) is 0 Å². The molecule has 1 nitrogen and oxygen atoms in total. The van der Waals surface area contributed by atoms with E-state index in [0.717, 1.165) is 16.5 Å². The number of benzene rings is 1. The first-order valence-electron chi connectivity index (χ1n) is 5.83. The molecule has 0 fully saturated rings. The molecule has 1 aliphatic heterocycles. The second kappa shape index (κ2) is 5.25. The molecule has 0 saturated heterocycles. The lowest BCUT2D eigenvalue weighted by Gasteiger charge is -2.28. The highest BCUT2D eigenvalue weighted by Gasteiger charge is 2.32. The van der Waals surface area contributed by atoms with E-state index in [1.54, 1.807) is 0 Å². The summed E-state index contributed by atoms with van der Waals surface area (Å²) in [7, 11) is -2.47. The molecule has 0 bridgehead atoms. The Morgan fingerprint density at radius 2 is 1.89 bits per heavy atom. The van der Waals surface area contributed by atoms with Crippen molar-refractivity contribution in [3.8, 4) is 0 Å². The standard InChI is InChI=1S/C14H15Cl2OP/c1-10-8-18(17,12-6-4-3-5-7-12)9-11(2)13(10)14(15)16/h3-8,11H,9H2,1-2H3. The molecule has 96 valence electrons. The quantitative estimate of drug-likeness (QED) is 0.673. The molecule has 1 aromatic carbocycles. The monoisotopic (exact) mass is 300 g/mol. The van der Waals surface area contributed by atoms with Gasteiger partial charge in [-0.3, -0.25) is 0 Å². The summed E-state index contributed by atoms with van der Waals surface area (Å²) in [5.41, 5.74) is 1.85. The van der Waals surface area contributed by atoms with Crippen molar-refractivity contribution in [2.45, 2.75) is 13.8 Å². The van der Waals surface area contributed by atoms with Gasteiger partial charge in [-0.05, 0) is 29.8 Å². The maximum atomic E-state index is 13.0. The van der Waals surface area contributed by atoms with Crippen LogP contribution in [0.2, 0.25) is 0 Å². The van der Waals surface area contributed by atoms with Crippen LogP contribution in [-0.2, 0) is 4.57 Å². The second-order valence-electron chi connectivity index (χ2n) is 4.70. The Balaban J connectivity index is 2.52. The second-order valence-corrected chi connectivity index (χ2v) is 8.38. The molecule has 0 aliphatic carbocycles. The van der Waals surface area contributed by atoms with Gasteiger partial charge < -0.3 is 4.57 Å². The van der Waals surface area contributed by atoms with Gasteiger partial charge in [0.2, 0.25) is 0 Å². The lowest BCUT2D eigenvalue weighted by molar-refractivity contribution is 0.578. The van der Waals surface area contributed by atoms with Gasteiger partial charge in [-0.1, -0.05) is 60.5 Å². The van der Waals surface area contributed by atoms with Gasteiger partial charge in [0, 0.05) is 11.5 Å². The van der Waals surface area contributed by atoms with E-state index in [9.17, 15) is 4.57 Å². The van der Waals surface area contributed by atoms with Gasteiger partial charge in [-0.2, -0.15) is 0 Å². The Kier molecular flexibility index (Phi) is 4.06. The summed E-state index contributed by atoms with van der Waals surface area (Å²) < 4.78 is 13.3. The van der Waals surface area contributed by atoms with Crippen LogP contribution in [0, 0.1) is 5.92 Å². The summed E-state index contributed by atoms with van der Waals surface area (Å²) in [4.78, 5) is 0. The molecule has 1 aliphatic rings. The highest BCUT2D eigenvalue weighted by molar-refractivity contribution is 7.74. The predicted molar refractivity (Wildman–Crippen MR) is 80.2 cm³/mol. The summed E-state index contributed by atoms with van der Waals surface area (Å²) in [6.07, 6.45) is 0.590. The Bertz CT molecular complexity index is 556. The Hall–Kier alpha value is -0.490. The van der Waals surface area contributed by atoms with Crippen LogP contribution >= 0.6 is 30.3 Å². The predicted octanol–water partition coefficient (Wildman–Crippen LogP) is 4.92. The fraction of sp³-hybridized carbons (Fsp3) is 0.286. The van der Waals surface area contributed by atoms with E-state index in [0.29, 0.717) is 6.16 Å². The van der Waals surface area contributed by atoms with Crippen molar-refractivity contribution >= 4 is 35.6 Å². The molecule has 4 heteroatoms. The SMILES string of the molecule is CC1=CP(=O)(c2ccccc2)CC(C)C1=C(Cl)Cl. The zero-order valence-electron chi connectivity index (χ0n) is 10.4. The van der Waals surface area contributed by atoms with E-state index in [1.165, 1.54) is 0 Å². The average molecular weight is 301 g/mol. The molecule has 0 N–H and O–H groups in total. The van der Waals surface area contributed by atoms with Crippen molar-refractivity contribution in [1.29, 1.82) is 0 Å². The fourth-order valence-corrected chi connectivity index (χ4v) is 6.09. The molecule has 0 spiro atoms. The summed E-state index contributed by atoms with van der Waals surface area (Å²) in [5, 5.41) is 0.904. The zero-order chi connectivity index (χ0) is 13.3. The third-order valence-electron chi connectivity index (χ3n) is 3.26. The normalized spacial score (nSPS) is 27.9. The number of hydrogen-bond acceptors (Lipinski definition) is 1. The van der Waals surface area contributed by atoms with E-state index in [4.69, 9.17) is 23.2 Å². The van der Waals surface area contributed by atoms with Gasteiger partial charge in [0.1, 0.15) is 11.6 Å². The molecule has 1 aromatic rings. The molecule has 0 saturated carbocycles. The molecule has 2 rings (SSSR count). The van der Waals surface area contributed by atoms with E-state index >= 15 is 0 Å². The van der Waals surface area contributed by atoms with Crippen LogP contribution in [-0.4, -0.2) is 6.16 Å². The van der Waals surface area contributed by atoms with Gasteiger partial charge in [0.25, 0.3) is 0 Å². The lowest BCUT2D eigenvalue weighted by atomic mass is 9.99. The van der Waals surface area contributed by atoms with Crippen molar-refractivity contribution < 1.29 is 4.57 Å². The first kappa shape index (κ1) is 13.9. The minimum Gasteiger partial charge on any atom is -0.314 e. The van der Waals surface area contributed by atoms with E-state index in [-0.39, 0.29) is 10.4 Å². The number of hydrogen-bond donors (Lipinski definition) is 0. The zero-order valence-corrected chi connectivity index (χ0v) is 12.8. The average Bonchev–Trinajstić information content (AvgIpc) is 2.28. The first-order valence-corrected chi connectivity index (χ1v) is 8.55. The molecule has 2 unspecified atom stereocenters. The molecule has 18 heavy (non-hydrogen) atoms. The summed E-state index contributed by atoms with van der Waals surface area (Å²) in [5.74, 6) is 1.97. The van der Waals surface area contributed by atoms with Crippen molar-refractivity contribution in [3.63, 3.8) is 0 Å². The molecular formula is C14H15Cl2OP. The summed E-state index contributed by atoms with van der Waals surface area (Å²) in [6, 6.07) is 9.62. The van der Waals surface area contributed by atoms with Gasteiger partial charge in [-0.25, -0.2) is 0 Å². The molecule has 0 amide bonds. The van der Waals surface area contributed by atoms with Crippen LogP contribution in [0.15, 0.2) is 51.8 Å². The Morgan fingerprint density at radius 1 is 1.28 bits per heavy atom. The van der Waals surface area contributed by atoms with E-state index < -0.39 is 7.14 Å². The van der Waals surface area contributed by atoms with Crippen molar-refractivity contribution in [2.75, 3.05) is 6.16 Å². The third kappa shape index (κ3) is 2.59. The molecule has 0 aromatic heterocycles. The number of rotatable bonds is 1. The molecular weight excluding hydrogens is 286 g/mol. The topological polar surface area (TPSA) is 17.1 Å². The van der Waals surface area contributed by atoms with Crippen molar-refractivity contribution in [3.05, 3.63) is 51.8 Å². The van der Waals surface area contributed by atoms with Gasteiger partial charge in [0.05, 0.1) is 0 Å². The van der Waals surface area contributed by atoms with Crippen LogP contribution < -0.4 is 5.30 Å². The fourth-order valence-electron chi connectivity index (χ4n) is 2.52. The number of allylic oxidation sites excluding steroid dienone is 2. The minimum atomic E-state index is -2.47. The maximum Gasteiger partial charge on any atom is 0.137 e. The summed E-state index contributed by atoms with van der Waals surface area (Å²) >= 11 is 11.8.